The van der Waals surface area contributed by atoms with Gasteiger partial charge in [-0.15, -0.1) is 0 Å². The van der Waals surface area contributed by atoms with Gasteiger partial charge in [0, 0.05) is 0 Å². The second-order valence-corrected chi connectivity index (χ2v) is 12.3. The van der Waals surface area contributed by atoms with Crippen molar-refractivity contribution in [3.8, 4) is 0 Å². The van der Waals surface area contributed by atoms with Crippen molar-refractivity contribution >= 4 is 10.4 Å². The standard InChI is InChI=1S/C31H64O4S.Na/c1-3-5-7-9-10-11-12-13-14-15-16-17-18-19-20-21-22-23-25-27-29-31(30-35-36(32,33)34)28-26-24-8-6-4-2;/h31H,3-30H2,1-2H3,(H,32,33,34);/q;+1/p-1. The number of unbranched alkanes of at least 4 members (excludes halogenated alkanes) is 23. The smallest absolute Gasteiger partial charge is 0.726 e. The molecule has 1 atom stereocenters. The first-order valence-corrected chi connectivity index (χ1v) is 17.4. The molecule has 4 nitrogen and oxygen atoms in total. The zero-order chi connectivity index (χ0) is 26.6. The van der Waals surface area contributed by atoms with Gasteiger partial charge in [-0.1, -0.05) is 174 Å². The van der Waals surface area contributed by atoms with Crippen molar-refractivity contribution in [3.63, 3.8) is 0 Å². The first kappa shape index (κ1) is 40.0. The van der Waals surface area contributed by atoms with E-state index in [-0.39, 0.29) is 42.1 Å². The van der Waals surface area contributed by atoms with Gasteiger partial charge in [0.1, 0.15) is 0 Å². The molecule has 0 amide bonds. The van der Waals surface area contributed by atoms with E-state index >= 15 is 0 Å². The summed E-state index contributed by atoms with van der Waals surface area (Å²) in [6.45, 7) is 4.56. The molecule has 0 N–H and O–H groups in total. The van der Waals surface area contributed by atoms with E-state index in [1.807, 2.05) is 0 Å². The van der Waals surface area contributed by atoms with Crippen LogP contribution in [0.5, 0.6) is 0 Å². The Hall–Kier alpha value is 0.870. The molecule has 6 heteroatoms. The van der Waals surface area contributed by atoms with Gasteiger partial charge in [-0.2, -0.15) is 0 Å². The Morgan fingerprint density at radius 2 is 0.730 bits per heavy atom. The van der Waals surface area contributed by atoms with Gasteiger partial charge in [-0.05, 0) is 18.8 Å². The Morgan fingerprint density at radius 3 is 0.973 bits per heavy atom. The number of hydrogen-bond acceptors (Lipinski definition) is 4. The van der Waals surface area contributed by atoms with E-state index in [2.05, 4.69) is 18.0 Å². The second kappa shape index (κ2) is 31.4. The maximum Gasteiger partial charge on any atom is 1.00 e. The molecule has 0 aromatic heterocycles. The molecule has 0 aliphatic rings. The molecule has 0 spiro atoms. The molecule has 0 aromatic rings. The maximum atomic E-state index is 10.8. The molecule has 0 bridgehead atoms. The minimum absolute atomic E-state index is 0. The third-order valence-corrected chi connectivity index (χ3v) is 8.05. The number of rotatable bonds is 30. The van der Waals surface area contributed by atoms with Crippen LogP contribution >= 0.6 is 0 Å². The molecule has 0 heterocycles. The molecule has 1 unspecified atom stereocenters. The Balaban J connectivity index is 0. The molecule has 0 radical (unpaired) electrons. The minimum atomic E-state index is -4.57. The second-order valence-electron chi connectivity index (χ2n) is 11.3. The van der Waals surface area contributed by atoms with Crippen LogP contribution in [0.3, 0.4) is 0 Å². The quantitative estimate of drug-likeness (QED) is 0.0396. The molecular weight excluding hydrogens is 491 g/mol. The average molecular weight is 555 g/mol. The van der Waals surface area contributed by atoms with E-state index in [1.165, 1.54) is 148 Å². The molecule has 0 fully saturated rings. The minimum Gasteiger partial charge on any atom is -0.726 e. The molecule has 218 valence electrons. The van der Waals surface area contributed by atoms with Crippen LogP contribution in [0.4, 0.5) is 0 Å². The Labute approximate surface area is 255 Å². The predicted molar refractivity (Wildman–Crippen MR) is 155 cm³/mol. The van der Waals surface area contributed by atoms with E-state index < -0.39 is 10.4 Å². The van der Waals surface area contributed by atoms with Crippen LogP contribution in [-0.2, 0) is 14.6 Å². The van der Waals surface area contributed by atoms with Crippen molar-refractivity contribution in [2.45, 2.75) is 187 Å². The fraction of sp³-hybridized carbons (Fsp3) is 1.00. The topological polar surface area (TPSA) is 66.4 Å². The summed E-state index contributed by atoms with van der Waals surface area (Å²) in [4.78, 5) is 0. The Morgan fingerprint density at radius 1 is 0.486 bits per heavy atom. The molecule has 0 rings (SSSR count). The van der Waals surface area contributed by atoms with Crippen LogP contribution in [-0.4, -0.2) is 19.6 Å². The summed E-state index contributed by atoms with van der Waals surface area (Å²) in [7, 11) is -4.57. The fourth-order valence-electron chi connectivity index (χ4n) is 5.22. The Kier molecular flexibility index (Phi) is 34.0. The van der Waals surface area contributed by atoms with Crippen LogP contribution in [0.1, 0.15) is 187 Å². The SMILES string of the molecule is CCCCCCCCCCCCCCCCCCCCCCC(CCCCCCC)COS(=O)(=O)[O-].[Na+]. The zero-order valence-electron chi connectivity index (χ0n) is 25.4. The zero-order valence-corrected chi connectivity index (χ0v) is 28.2. The van der Waals surface area contributed by atoms with E-state index in [1.54, 1.807) is 0 Å². The third-order valence-electron chi connectivity index (χ3n) is 7.63. The molecule has 0 aliphatic heterocycles. The normalized spacial score (nSPS) is 12.5. The van der Waals surface area contributed by atoms with Gasteiger partial charge in [0.2, 0.25) is 10.4 Å². The van der Waals surface area contributed by atoms with Crippen LogP contribution in [0.25, 0.3) is 0 Å². The van der Waals surface area contributed by atoms with E-state index in [4.69, 9.17) is 0 Å². The number of hydrogen-bond donors (Lipinski definition) is 0. The monoisotopic (exact) mass is 554 g/mol. The maximum absolute atomic E-state index is 10.8. The largest absolute Gasteiger partial charge is 1.00 e. The van der Waals surface area contributed by atoms with E-state index in [0.717, 1.165) is 25.7 Å². The van der Waals surface area contributed by atoms with Gasteiger partial charge in [0.15, 0.2) is 0 Å². The first-order chi connectivity index (χ1) is 17.5. The summed E-state index contributed by atoms with van der Waals surface area (Å²) in [6.07, 6.45) is 35.5. The molecule has 37 heavy (non-hydrogen) atoms. The van der Waals surface area contributed by atoms with Gasteiger partial charge < -0.3 is 4.55 Å². The van der Waals surface area contributed by atoms with Gasteiger partial charge in [-0.3, -0.25) is 4.18 Å². The predicted octanol–water partition coefficient (Wildman–Crippen LogP) is 7.66. The Bertz CT molecular complexity index is 527. The summed E-state index contributed by atoms with van der Waals surface area (Å²) in [6, 6.07) is 0. The van der Waals surface area contributed by atoms with Crippen LogP contribution < -0.4 is 29.6 Å². The van der Waals surface area contributed by atoms with Gasteiger partial charge >= 0.3 is 29.6 Å². The van der Waals surface area contributed by atoms with Crippen molar-refractivity contribution in [1.29, 1.82) is 0 Å². The molecule has 0 saturated carbocycles. The van der Waals surface area contributed by atoms with E-state index in [0.29, 0.717) is 0 Å². The summed E-state index contributed by atoms with van der Waals surface area (Å²) in [5.41, 5.74) is 0. The van der Waals surface area contributed by atoms with Crippen LogP contribution in [0, 0.1) is 5.92 Å². The summed E-state index contributed by atoms with van der Waals surface area (Å²) < 4.78 is 37.1. The molecule has 0 saturated heterocycles. The van der Waals surface area contributed by atoms with E-state index in [9.17, 15) is 13.0 Å². The third kappa shape index (κ3) is 34.8. The van der Waals surface area contributed by atoms with Gasteiger partial charge in [0.25, 0.3) is 0 Å². The van der Waals surface area contributed by atoms with Crippen molar-refractivity contribution in [3.05, 3.63) is 0 Å². The summed E-state index contributed by atoms with van der Waals surface area (Å²) in [5, 5.41) is 0. The summed E-state index contributed by atoms with van der Waals surface area (Å²) >= 11 is 0. The fourth-order valence-corrected chi connectivity index (χ4v) is 5.57. The van der Waals surface area contributed by atoms with Crippen LogP contribution in [0.2, 0.25) is 0 Å². The van der Waals surface area contributed by atoms with Crippen molar-refractivity contribution in [2.24, 2.45) is 5.92 Å². The first-order valence-electron chi connectivity index (χ1n) is 16.1. The average Bonchev–Trinajstić information content (AvgIpc) is 2.84. The molecule has 0 aliphatic carbocycles. The van der Waals surface area contributed by atoms with Crippen molar-refractivity contribution in [1.82, 2.24) is 0 Å². The molecule has 0 aromatic carbocycles. The van der Waals surface area contributed by atoms with Crippen LogP contribution in [0.15, 0.2) is 0 Å². The van der Waals surface area contributed by atoms with Gasteiger partial charge in [-0.25, -0.2) is 8.42 Å². The van der Waals surface area contributed by atoms with Crippen molar-refractivity contribution < 1.29 is 46.7 Å². The summed E-state index contributed by atoms with van der Waals surface area (Å²) in [5.74, 6) is 0.200. The van der Waals surface area contributed by atoms with Crippen molar-refractivity contribution in [2.75, 3.05) is 6.61 Å². The molecular formula is C31H63NaO4S. The van der Waals surface area contributed by atoms with Gasteiger partial charge in [0.05, 0.1) is 6.61 Å².